The molecular weight excluding hydrogens is 725 g/mol. The molecule has 0 aliphatic rings. The van der Waals surface area contributed by atoms with Crippen LogP contribution in [0.3, 0.4) is 0 Å². The van der Waals surface area contributed by atoms with Crippen molar-refractivity contribution < 1.29 is 0 Å². The third-order valence-corrected chi connectivity index (χ3v) is 12.5. The normalized spacial score (nSPS) is 11.8. The monoisotopic (exact) mass is 756 g/mol. The predicted octanol–water partition coefficient (Wildman–Crippen LogP) is 14.3. The Morgan fingerprint density at radius 2 is 0.983 bits per heavy atom. The molecule has 0 fully saturated rings. The van der Waals surface area contributed by atoms with E-state index >= 15 is 0 Å². The molecule has 12 aromatic rings. The zero-order valence-corrected chi connectivity index (χ0v) is 32.0. The van der Waals surface area contributed by atoms with E-state index in [9.17, 15) is 0 Å². The van der Waals surface area contributed by atoms with Crippen LogP contribution in [-0.2, 0) is 0 Å². The van der Waals surface area contributed by atoms with Crippen molar-refractivity contribution in [1.29, 1.82) is 0 Å². The molecule has 0 radical (unpaired) electrons. The Balaban J connectivity index is 1.01. The SMILES string of the molecule is c1ccc(-c2cc(-c3ccc(-n4c5ccccc5c5ccccc54)cc3)nc(-c3cccc(-c4nc5cc6ccccc6cc5c5c4sc4ccccc45)c3)n2)cc1. The number of rotatable bonds is 5. The highest BCUT2D eigenvalue weighted by Crippen LogP contribution is 2.44. The molecule has 0 N–H and O–H groups in total. The van der Waals surface area contributed by atoms with Gasteiger partial charge in [0.1, 0.15) is 0 Å². The molecule has 0 saturated carbocycles. The van der Waals surface area contributed by atoms with Crippen LogP contribution in [0.2, 0.25) is 0 Å². The molecule has 4 heterocycles. The largest absolute Gasteiger partial charge is 0.309 e. The number of fused-ring (bicyclic) bond motifs is 9. The minimum absolute atomic E-state index is 0.670. The second-order valence-electron chi connectivity index (χ2n) is 14.8. The third-order valence-electron chi connectivity index (χ3n) is 11.4. The lowest BCUT2D eigenvalue weighted by Crippen LogP contribution is -1.97. The Bertz CT molecular complexity index is 3510. The van der Waals surface area contributed by atoms with Crippen molar-refractivity contribution in [3.63, 3.8) is 0 Å². The van der Waals surface area contributed by atoms with Crippen LogP contribution in [0, 0.1) is 0 Å². The highest BCUT2D eigenvalue weighted by molar-refractivity contribution is 7.26. The summed E-state index contributed by atoms with van der Waals surface area (Å²) in [4.78, 5) is 15.9. The fraction of sp³-hybridized carbons (Fsp3) is 0. The number of aromatic nitrogens is 4. The molecule has 270 valence electrons. The topological polar surface area (TPSA) is 43.6 Å². The van der Waals surface area contributed by atoms with Gasteiger partial charge in [0.05, 0.1) is 38.3 Å². The summed E-state index contributed by atoms with van der Waals surface area (Å²) < 4.78 is 4.78. The van der Waals surface area contributed by atoms with Gasteiger partial charge in [-0.05, 0) is 65.4 Å². The van der Waals surface area contributed by atoms with Crippen molar-refractivity contribution in [2.45, 2.75) is 0 Å². The van der Waals surface area contributed by atoms with Gasteiger partial charge in [0.25, 0.3) is 0 Å². The highest BCUT2D eigenvalue weighted by atomic mass is 32.1. The third kappa shape index (κ3) is 5.25. The molecule has 0 atom stereocenters. The average Bonchev–Trinajstić information content (AvgIpc) is 3.85. The first-order valence-corrected chi connectivity index (χ1v) is 20.3. The lowest BCUT2D eigenvalue weighted by molar-refractivity contribution is 1.17. The van der Waals surface area contributed by atoms with Gasteiger partial charge in [-0.25, -0.2) is 15.0 Å². The van der Waals surface area contributed by atoms with Crippen LogP contribution in [0.5, 0.6) is 0 Å². The molecule has 0 spiro atoms. The summed E-state index contributed by atoms with van der Waals surface area (Å²) in [7, 11) is 0. The minimum atomic E-state index is 0.670. The zero-order valence-electron chi connectivity index (χ0n) is 31.2. The number of hydrogen-bond acceptors (Lipinski definition) is 4. The van der Waals surface area contributed by atoms with Crippen LogP contribution in [0.1, 0.15) is 0 Å². The minimum Gasteiger partial charge on any atom is -0.309 e. The predicted molar refractivity (Wildman–Crippen MR) is 244 cm³/mol. The molecule has 0 aliphatic heterocycles. The Morgan fingerprint density at radius 1 is 0.397 bits per heavy atom. The van der Waals surface area contributed by atoms with Gasteiger partial charge in [-0.15, -0.1) is 11.3 Å². The lowest BCUT2D eigenvalue weighted by Gasteiger charge is -2.12. The van der Waals surface area contributed by atoms with E-state index in [1.807, 2.05) is 17.4 Å². The summed E-state index contributed by atoms with van der Waals surface area (Å²) in [5.74, 6) is 0.670. The van der Waals surface area contributed by atoms with Crippen LogP contribution in [-0.4, -0.2) is 19.5 Å². The van der Waals surface area contributed by atoms with E-state index in [-0.39, 0.29) is 0 Å². The van der Waals surface area contributed by atoms with Gasteiger partial charge >= 0.3 is 0 Å². The summed E-state index contributed by atoms with van der Waals surface area (Å²) in [6.45, 7) is 0. The molecule has 0 unspecified atom stereocenters. The second kappa shape index (κ2) is 13.1. The van der Waals surface area contributed by atoms with Gasteiger partial charge < -0.3 is 4.57 Å². The maximum atomic E-state index is 5.42. The number of para-hydroxylation sites is 2. The van der Waals surface area contributed by atoms with Crippen molar-refractivity contribution in [3.05, 3.63) is 194 Å². The van der Waals surface area contributed by atoms with E-state index in [4.69, 9.17) is 15.0 Å². The van der Waals surface area contributed by atoms with E-state index < -0.39 is 0 Å². The summed E-state index contributed by atoms with van der Waals surface area (Å²) >= 11 is 1.81. The van der Waals surface area contributed by atoms with Gasteiger partial charge in [0.15, 0.2) is 5.82 Å². The van der Waals surface area contributed by atoms with Gasteiger partial charge in [-0.2, -0.15) is 0 Å². The van der Waals surface area contributed by atoms with Crippen molar-refractivity contribution in [3.8, 4) is 50.8 Å². The van der Waals surface area contributed by atoms with Crippen molar-refractivity contribution in [2.24, 2.45) is 0 Å². The molecule has 0 amide bonds. The van der Waals surface area contributed by atoms with Gasteiger partial charge in [0.2, 0.25) is 0 Å². The van der Waals surface area contributed by atoms with Crippen LogP contribution in [0.25, 0.3) is 115 Å². The van der Waals surface area contributed by atoms with E-state index in [0.29, 0.717) is 5.82 Å². The molecule has 4 nitrogen and oxygen atoms in total. The molecule has 0 aliphatic carbocycles. The first-order valence-electron chi connectivity index (χ1n) is 19.5. The standard InChI is InChI=1S/C53H32N4S/c1-2-13-33(14-3-1)44-32-45(34-25-27-39(28-26-34)57-47-22-9-6-19-40(47)41-20-7-10-23-48(41)57)56-53(55-44)38-18-12-17-37(29-38)51-52-50(42-21-8-11-24-49(42)58-52)43-30-35-15-4-5-16-36(35)31-46(43)54-51/h1-32H. The van der Waals surface area contributed by atoms with Gasteiger partial charge in [-0.1, -0.05) is 140 Å². The summed E-state index contributed by atoms with van der Waals surface area (Å²) in [5, 5.41) is 8.59. The number of nitrogens with zero attached hydrogens (tertiary/aromatic N) is 4. The van der Waals surface area contributed by atoms with Crippen molar-refractivity contribution in [1.82, 2.24) is 19.5 Å². The van der Waals surface area contributed by atoms with E-state index in [1.165, 1.54) is 58.1 Å². The van der Waals surface area contributed by atoms with E-state index in [2.05, 4.69) is 193 Å². The number of hydrogen-bond donors (Lipinski definition) is 0. The van der Waals surface area contributed by atoms with E-state index in [0.717, 1.165) is 50.5 Å². The number of benzene rings is 8. The van der Waals surface area contributed by atoms with Gasteiger partial charge in [-0.3, -0.25) is 0 Å². The summed E-state index contributed by atoms with van der Waals surface area (Å²) in [6, 6.07) is 68.8. The Hall–Kier alpha value is -7.47. The fourth-order valence-electron chi connectivity index (χ4n) is 8.64. The van der Waals surface area contributed by atoms with Crippen LogP contribution < -0.4 is 0 Å². The maximum Gasteiger partial charge on any atom is 0.160 e. The van der Waals surface area contributed by atoms with Crippen LogP contribution in [0.15, 0.2) is 194 Å². The highest BCUT2D eigenvalue weighted by Gasteiger charge is 2.19. The first kappa shape index (κ1) is 32.7. The Morgan fingerprint density at radius 3 is 1.72 bits per heavy atom. The first-order chi connectivity index (χ1) is 28.7. The second-order valence-corrected chi connectivity index (χ2v) is 15.9. The Labute approximate surface area is 338 Å². The van der Waals surface area contributed by atoms with Crippen molar-refractivity contribution >= 4 is 75.0 Å². The summed E-state index contributed by atoms with van der Waals surface area (Å²) in [6.07, 6.45) is 0. The van der Waals surface area contributed by atoms with E-state index in [1.54, 1.807) is 0 Å². The fourth-order valence-corrected chi connectivity index (χ4v) is 9.86. The molecule has 12 rings (SSSR count). The van der Waals surface area contributed by atoms with Crippen LogP contribution >= 0.6 is 11.3 Å². The molecule has 58 heavy (non-hydrogen) atoms. The molecule has 0 bridgehead atoms. The molecular formula is C53H32N4S. The lowest BCUT2D eigenvalue weighted by atomic mass is 9.99. The molecule has 0 saturated heterocycles. The van der Waals surface area contributed by atoms with Crippen molar-refractivity contribution in [2.75, 3.05) is 0 Å². The Kier molecular flexibility index (Phi) is 7.37. The average molecular weight is 757 g/mol. The number of pyridine rings is 1. The summed E-state index contributed by atoms with van der Waals surface area (Å²) in [5.41, 5.74) is 11.2. The molecule has 4 aromatic heterocycles. The zero-order chi connectivity index (χ0) is 38.2. The smallest absolute Gasteiger partial charge is 0.160 e. The van der Waals surface area contributed by atoms with Gasteiger partial charge in [0, 0.05) is 59.6 Å². The quantitative estimate of drug-likeness (QED) is 0.164. The molecule has 5 heteroatoms. The molecule has 8 aromatic carbocycles. The number of thiophene rings is 1. The maximum absolute atomic E-state index is 5.42. The van der Waals surface area contributed by atoms with Crippen LogP contribution in [0.4, 0.5) is 0 Å².